The summed E-state index contributed by atoms with van der Waals surface area (Å²) in [6.07, 6.45) is 3.69. The third-order valence-corrected chi connectivity index (χ3v) is 5.24. The fourth-order valence-corrected chi connectivity index (χ4v) is 4.30. The molecule has 0 spiro atoms. The second kappa shape index (κ2) is 3.34. The second-order valence-corrected chi connectivity index (χ2v) is 6.90. The number of nitrogens with one attached hydrogen (secondary N) is 1. The Balaban J connectivity index is 2.05. The molecule has 4 nitrogen and oxygen atoms in total. The first kappa shape index (κ1) is 10.4. The van der Waals surface area contributed by atoms with Crippen LogP contribution in [0.5, 0.6) is 0 Å². The highest BCUT2D eigenvalue weighted by Crippen LogP contribution is 2.41. The Morgan fingerprint density at radius 1 is 1.31 bits per heavy atom. The van der Waals surface area contributed by atoms with Gasteiger partial charge in [0.1, 0.15) is 0 Å². The van der Waals surface area contributed by atoms with Crippen LogP contribution in [0.1, 0.15) is 47.7 Å². The maximum Gasteiger partial charge on any atom is 0.160 e. The van der Waals surface area contributed by atoms with Gasteiger partial charge in [-0.25, -0.2) is 8.42 Å². The van der Waals surface area contributed by atoms with Crippen molar-refractivity contribution in [1.29, 1.82) is 0 Å². The van der Waals surface area contributed by atoms with Gasteiger partial charge in [0, 0.05) is 17.9 Å². The molecule has 1 saturated carbocycles. The number of rotatable bonds is 2. The lowest BCUT2D eigenvalue weighted by atomic mass is 9.81. The molecule has 1 aromatic rings. The highest BCUT2D eigenvalue weighted by molar-refractivity contribution is 7.90. The molecule has 3 N–H and O–H groups in total. The van der Waals surface area contributed by atoms with E-state index in [2.05, 4.69) is 4.98 Å². The second-order valence-electron chi connectivity index (χ2n) is 4.84. The first-order valence-corrected chi connectivity index (χ1v) is 7.56. The molecule has 0 atom stereocenters. The predicted octanol–water partition coefficient (Wildman–Crippen LogP) is 1.17. The summed E-state index contributed by atoms with van der Waals surface area (Å²) < 4.78 is 23.0. The summed E-state index contributed by atoms with van der Waals surface area (Å²) in [4.78, 5) is 3.31. The van der Waals surface area contributed by atoms with Crippen LogP contribution in [0.2, 0.25) is 0 Å². The molecule has 1 fully saturated rings. The lowest BCUT2D eigenvalue weighted by Gasteiger charge is -2.26. The molecular weight excluding hydrogens is 224 g/mol. The molecule has 0 amide bonds. The van der Waals surface area contributed by atoms with Crippen molar-refractivity contribution in [2.24, 2.45) is 5.73 Å². The van der Waals surface area contributed by atoms with Crippen LogP contribution >= 0.6 is 0 Å². The van der Waals surface area contributed by atoms with Crippen molar-refractivity contribution in [3.05, 3.63) is 22.5 Å². The molecule has 1 aliphatic heterocycles. The third-order valence-electron chi connectivity index (χ3n) is 3.79. The van der Waals surface area contributed by atoms with Crippen molar-refractivity contribution in [2.45, 2.75) is 43.2 Å². The quantitative estimate of drug-likeness (QED) is 0.814. The van der Waals surface area contributed by atoms with Crippen molar-refractivity contribution >= 4 is 9.84 Å². The Morgan fingerprint density at radius 2 is 2.06 bits per heavy atom. The molecule has 5 heteroatoms. The van der Waals surface area contributed by atoms with E-state index < -0.39 is 9.84 Å². The van der Waals surface area contributed by atoms with Crippen LogP contribution in [-0.4, -0.2) is 13.4 Å². The fraction of sp³-hybridized carbons (Fsp3) is 0.636. The van der Waals surface area contributed by atoms with E-state index in [0.717, 1.165) is 16.8 Å². The van der Waals surface area contributed by atoms with Crippen LogP contribution in [0, 0.1) is 0 Å². The zero-order chi connectivity index (χ0) is 11.3. The van der Waals surface area contributed by atoms with Gasteiger partial charge in [0.15, 0.2) is 9.84 Å². The van der Waals surface area contributed by atoms with E-state index in [0.29, 0.717) is 12.5 Å². The fourth-order valence-electron chi connectivity index (χ4n) is 2.72. The van der Waals surface area contributed by atoms with Gasteiger partial charge in [0.05, 0.1) is 11.5 Å². The molecule has 1 aromatic heterocycles. The Labute approximate surface area is 95.1 Å². The number of H-pyrrole nitrogens is 1. The van der Waals surface area contributed by atoms with Crippen LogP contribution in [0.25, 0.3) is 0 Å². The lowest BCUT2D eigenvalue weighted by molar-refractivity contribution is 0.409. The van der Waals surface area contributed by atoms with Gasteiger partial charge in [-0.15, -0.1) is 0 Å². The number of fused-ring (bicyclic) bond motifs is 1. The van der Waals surface area contributed by atoms with Gasteiger partial charge in [-0.05, 0) is 29.9 Å². The monoisotopic (exact) mass is 240 g/mol. The van der Waals surface area contributed by atoms with Gasteiger partial charge in [-0.1, -0.05) is 6.42 Å². The van der Waals surface area contributed by atoms with Crippen molar-refractivity contribution in [3.8, 4) is 0 Å². The van der Waals surface area contributed by atoms with Crippen molar-refractivity contribution in [3.63, 3.8) is 0 Å². The summed E-state index contributed by atoms with van der Waals surface area (Å²) >= 11 is 0. The third kappa shape index (κ3) is 1.42. The van der Waals surface area contributed by atoms with E-state index in [1.807, 2.05) is 0 Å². The summed E-state index contributed by atoms with van der Waals surface area (Å²) in [5, 5.41) is 0. The molecule has 0 aromatic carbocycles. The van der Waals surface area contributed by atoms with Gasteiger partial charge >= 0.3 is 0 Å². The summed E-state index contributed by atoms with van der Waals surface area (Å²) in [5.74, 6) is 0.937. The molecule has 0 bridgehead atoms. The molecule has 16 heavy (non-hydrogen) atoms. The number of sulfone groups is 1. The van der Waals surface area contributed by atoms with Crippen molar-refractivity contribution < 1.29 is 8.42 Å². The molecule has 2 aliphatic rings. The van der Waals surface area contributed by atoms with E-state index in [1.54, 1.807) is 0 Å². The predicted molar refractivity (Wildman–Crippen MR) is 61.6 cm³/mol. The van der Waals surface area contributed by atoms with E-state index in [1.165, 1.54) is 25.0 Å². The molecule has 0 saturated heterocycles. The van der Waals surface area contributed by atoms with Crippen LogP contribution in [0.4, 0.5) is 0 Å². The van der Waals surface area contributed by atoms with E-state index in [-0.39, 0.29) is 11.5 Å². The Hall–Kier alpha value is -0.810. The first-order chi connectivity index (χ1) is 7.61. The van der Waals surface area contributed by atoms with Crippen molar-refractivity contribution in [1.82, 2.24) is 4.98 Å². The SMILES string of the molecule is NCc1c(C2CCC2)[nH]c2c1CS(=O)(=O)C2. The minimum atomic E-state index is -2.91. The summed E-state index contributed by atoms with van der Waals surface area (Å²) in [6, 6.07) is 0. The standard InChI is InChI=1S/C11H16N2O2S/c12-4-8-9-5-16(14,15)6-10(9)13-11(8)7-2-1-3-7/h7,13H,1-6,12H2. The van der Waals surface area contributed by atoms with Crippen LogP contribution in [0.3, 0.4) is 0 Å². The smallest absolute Gasteiger partial charge is 0.160 e. The largest absolute Gasteiger partial charge is 0.361 e. The van der Waals surface area contributed by atoms with E-state index in [9.17, 15) is 8.42 Å². The number of aromatic nitrogens is 1. The average Bonchev–Trinajstić information content (AvgIpc) is 2.53. The Kier molecular flexibility index (Phi) is 2.16. The zero-order valence-corrected chi connectivity index (χ0v) is 9.94. The minimum Gasteiger partial charge on any atom is -0.361 e. The van der Waals surface area contributed by atoms with Crippen LogP contribution in [-0.2, 0) is 27.9 Å². The maximum absolute atomic E-state index is 11.5. The summed E-state index contributed by atoms with van der Waals surface area (Å²) in [5.41, 5.74) is 9.90. The molecule has 1 aliphatic carbocycles. The van der Waals surface area contributed by atoms with Crippen molar-refractivity contribution in [2.75, 3.05) is 0 Å². The number of hydrogen-bond acceptors (Lipinski definition) is 3. The van der Waals surface area contributed by atoms with Gasteiger partial charge < -0.3 is 10.7 Å². The van der Waals surface area contributed by atoms with Gasteiger partial charge in [0.2, 0.25) is 0 Å². The maximum atomic E-state index is 11.5. The van der Waals surface area contributed by atoms with E-state index in [4.69, 9.17) is 5.73 Å². The Bertz CT molecular complexity index is 526. The molecule has 2 heterocycles. The molecule has 0 radical (unpaired) electrons. The minimum absolute atomic E-state index is 0.169. The number of nitrogens with two attached hydrogens (primary N) is 1. The topological polar surface area (TPSA) is 76.0 Å². The highest BCUT2D eigenvalue weighted by atomic mass is 32.2. The molecular formula is C11H16N2O2S. The lowest BCUT2D eigenvalue weighted by Crippen LogP contribution is -2.14. The first-order valence-electron chi connectivity index (χ1n) is 5.73. The summed E-state index contributed by atoms with van der Waals surface area (Å²) in [7, 11) is -2.91. The van der Waals surface area contributed by atoms with Crippen LogP contribution < -0.4 is 5.73 Å². The number of aromatic amines is 1. The van der Waals surface area contributed by atoms with Crippen LogP contribution in [0.15, 0.2) is 0 Å². The zero-order valence-electron chi connectivity index (χ0n) is 9.12. The normalized spacial score (nSPS) is 23.1. The van der Waals surface area contributed by atoms with Gasteiger partial charge in [-0.2, -0.15) is 0 Å². The average molecular weight is 240 g/mol. The van der Waals surface area contributed by atoms with E-state index >= 15 is 0 Å². The highest BCUT2D eigenvalue weighted by Gasteiger charge is 2.33. The summed E-state index contributed by atoms with van der Waals surface area (Å²) in [6.45, 7) is 0.452. The van der Waals surface area contributed by atoms with Gasteiger partial charge in [-0.3, -0.25) is 0 Å². The molecule has 3 rings (SSSR count). The molecule has 88 valence electrons. The molecule has 0 unspecified atom stereocenters. The number of hydrogen-bond donors (Lipinski definition) is 2. The van der Waals surface area contributed by atoms with Gasteiger partial charge in [0.25, 0.3) is 0 Å². The Morgan fingerprint density at radius 3 is 2.62 bits per heavy atom.